The van der Waals surface area contributed by atoms with E-state index in [9.17, 15) is 22.8 Å². The second kappa shape index (κ2) is 6.74. The minimum absolute atomic E-state index is 0.148. The summed E-state index contributed by atoms with van der Waals surface area (Å²) in [5.41, 5.74) is 4.11. The second-order valence-corrected chi connectivity index (χ2v) is 4.04. The zero-order valence-electron chi connectivity index (χ0n) is 10.5. The fraction of sp³-hybridized carbons (Fsp3) is 0.231. The Bertz CT molecular complexity index is 523. The molecule has 0 aromatic heterocycles. The molecule has 0 bridgehead atoms. The van der Waals surface area contributed by atoms with Crippen molar-refractivity contribution in [1.82, 2.24) is 5.32 Å². The molecule has 1 aromatic rings. The molecule has 4 nitrogen and oxygen atoms in total. The van der Waals surface area contributed by atoms with Gasteiger partial charge in [0.15, 0.2) is 0 Å². The number of hydrogen-bond acceptors (Lipinski definition) is 2. The summed E-state index contributed by atoms with van der Waals surface area (Å²) in [5.74, 6) is -5.87. The van der Waals surface area contributed by atoms with Crippen LogP contribution in [0, 0.1) is 17.5 Å². The number of hydrogen-bond donors (Lipinski definition) is 2. The van der Waals surface area contributed by atoms with Gasteiger partial charge >= 0.3 is 0 Å². The van der Waals surface area contributed by atoms with Crippen LogP contribution >= 0.6 is 0 Å². The minimum Gasteiger partial charge on any atom is -0.368 e. The van der Waals surface area contributed by atoms with Crippen LogP contribution in [0.1, 0.15) is 23.2 Å². The molecule has 0 aliphatic heterocycles. The van der Waals surface area contributed by atoms with Crippen LogP contribution in [0.2, 0.25) is 0 Å². The van der Waals surface area contributed by atoms with E-state index in [0.29, 0.717) is 18.6 Å². The highest BCUT2D eigenvalue weighted by Gasteiger charge is 2.23. The number of nitrogens with one attached hydrogen (secondary N) is 1. The van der Waals surface area contributed by atoms with Crippen molar-refractivity contribution in [3.05, 3.63) is 47.8 Å². The Labute approximate surface area is 113 Å². The maximum atomic E-state index is 13.4. The summed E-state index contributed by atoms with van der Waals surface area (Å²) in [6.07, 6.45) is 2.03. The van der Waals surface area contributed by atoms with Crippen molar-refractivity contribution in [1.29, 1.82) is 0 Å². The molecule has 0 spiro atoms. The van der Waals surface area contributed by atoms with Gasteiger partial charge in [-0.15, -0.1) is 6.58 Å². The molecule has 2 amide bonds. The third-order valence-electron chi connectivity index (χ3n) is 2.54. The van der Waals surface area contributed by atoms with Crippen LogP contribution in [0.15, 0.2) is 24.8 Å². The maximum Gasteiger partial charge on any atom is 0.257 e. The Morgan fingerprint density at radius 2 is 1.85 bits per heavy atom. The predicted octanol–water partition coefficient (Wildman–Crippen LogP) is 1.65. The van der Waals surface area contributed by atoms with E-state index in [-0.39, 0.29) is 6.42 Å². The van der Waals surface area contributed by atoms with Gasteiger partial charge in [-0.1, -0.05) is 6.08 Å². The largest absolute Gasteiger partial charge is 0.368 e. The quantitative estimate of drug-likeness (QED) is 0.780. The Hall–Kier alpha value is -2.31. The average molecular weight is 286 g/mol. The van der Waals surface area contributed by atoms with Crippen molar-refractivity contribution in [2.24, 2.45) is 5.73 Å². The van der Waals surface area contributed by atoms with Crippen LogP contribution in [-0.4, -0.2) is 17.9 Å². The molecule has 0 aliphatic rings. The number of rotatable bonds is 6. The molecule has 0 aliphatic carbocycles. The first-order chi connectivity index (χ1) is 9.36. The van der Waals surface area contributed by atoms with E-state index in [0.717, 1.165) is 0 Å². The number of allylic oxidation sites excluding steroid dienone is 1. The Morgan fingerprint density at radius 1 is 1.30 bits per heavy atom. The first kappa shape index (κ1) is 15.7. The van der Waals surface area contributed by atoms with Crippen molar-refractivity contribution in [2.75, 3.05) is 0 Å². The second-order valence-electron chi connectivity index (χ2n) is 4.04. The Balaban J connectivity index is 2.94. The third-order valence-corrected chi connectivity index (χ3v) is 2.54. The zero-order valence-corrected chi connectivity index (χ0v) is 10.5. The highest BCUT2D eigenvalue weighted by molar-refractivity contribution is 5.97. The molecule has 1 atom stereocenters. The van der Waals surface area contributed by atoms with Crippen LogP contribution in [0.4, 0.5) is 13.2 Å². The van der Waals surface area contributed by atoms with Crippen molar-refractivity contribution < 1.29 is 22.8 Å². The lowest BCUT2D eigenvalue weighted by molar-refractivity contribution is -0.119. The Morgan fingerprint density at radius 3 is 2.30 bits per heavy atom. The fourth-order valence-electron chi connectivity index (χ4n) is 1.56. The monoisotopic (exact) mass is 286 g/mol. The summed E-state index contributed by atoms with van der Waals surface area (Å²) in [7, 11) is 0. The van der Waals surface area contributed by atoms with Crippen molar-refractivity contribution in [2.45, 2.75) is 18.9 Å². The molecule has 108 valence electrons. The minimum atomic E-state index is -1.35. The normalized spacial score (nSPS) is 11.8. The van der Waals surface area contributed by atoms with Gasteiger partial charge in [-0.2, -0.15) is 0 Å². The number of primary amides is 1. The SMILES string of the molecule is C=CCC[C@@H](NC(=O)c1c(F)cc(F)cc1F)C(N)=O. The van der Waals surface area contributed by atoms with Crippen LogP contribution in [0.5, 0.6) is 0 Å². The van der Waals surface area contributed by atoms with E-state index in [1.807, 2.05) is 0 Å². The van der Waals surface area contributed by atoms with Gasteiger partial charge in [0.05, 0.1) is 0 Å². The van der Waals surface area contributed by atoms with E-state index in [1.165, 1.54) is 6.08 Å². The molecule has 20 heavy (non-hydrogen) atoms. The standard InChI is InChI=1S/C13H13F3N2O2/c1-2-3-4-10(12(17)19)18-13(20)11-8(15)5-7(14)6-9(11)16/h2,5-6,10H,1,3-4H2,(H2,17,19)(H,18,20)/t10-/m1/s1. The molecule has 0 saturated heterocycles. The van der Waals surface area contributed by atoms with Gasteiger partial charge in [-0.3, -0.25) is 9.59 Å². The number of carbonyl (C=O) groups excluding carboxylic acids is 2. The molecular weight excluding hydrogens is 273 g/mol. The van der Waals surface area contributed by atoms with Crippen LogP contribution in [0.3, 0.4) is 0 Å². The number of nitrogens with two attached hydrogens (primary N) is 1. The van der Waals surface area contributed by atoms with Gasteiger partial charge in [-0.25, -0.2) is 13.2 Å². The summed E-state index contributed by atoms with van der Waals surface area (Å²) in [6, 6.07) is -0.341. The zero-order chi connectivity index (χ0) is 15.3. The lowest BCUT2D eigenvalue weighted by atomic mass is 10.1. The lowest BCUT2D eigenvalue weighted by Gasteiger charge is -2.15. The fourth-order valence-corrected chi connectivity index (χ4v) is 1.56. The number of halogens is 3. The number of carbonyl (C=O) groups is 2. The smallest absolute Gasteiger partial charge is 0.257 e. The van der Waals surface area contributed by atoms with Crippen LogP contribution in [0.25, 0.3) is 0 Å². The highest BCUT2D eigenvalue weighted by Crippen LogP contribution is 2.15. The van der Waals surface area contributed by atoms with E-state index in [4.69, 9.17) is 5.73 Å². The maximum absolute atomic E-state index is 13.4. The summed E-state index contributed by atoms with van der Waals surface area (Å²) < 4.78 is 39.5. The van der Waals surface area contributed by atoms with Crippen molar-refractivity contribution in [3.8, 4) is 0 Å². The molecule has 7 heteroatoms. The van der Waals surface area contributed by atoms with E-state index < -0.39 is 40.9 Å². The molecule has 0 radical (unpaired) electrons. The summed E-state index contributed by atoms with van der Waals surface area (Å²) in [5, 5.41) is 2.10. The van der Waals surface area contributed by atoms with E-state index >= 15 is 0 Å². The van der Waals surface area contributed by atoms with Gasteiger partial charge in [0.25, 0.3) is 5.91 Å². The lowest BCUT2D eigenvalue weighted by Crippen LogP contribution is -2.44. The number of amides is 2. The van der Waals surface area contributed by atoms with Crippen molar-refractivity contribution >= 4 is 11.8 Å². The first-order valence-corrected chi connectivity index (χ1v) is 5.72. The molecular formula is C13H13F3N2O2. The molecule has 0 fully saturated rings. The van der Waals surface area contributed by atoms with Crippen molar-refractivity contribution in [3.63, 3.8) is 0 Å². The van der Waals surface area contributed by atoms with Gasteiger partial charge in [0.1, 0.15) is 29.1 Å². The molecule has 0 heterocycles. The van der Waals surface area contributed by atoms with E-state index in [2.05, 4.69) is 11.9 Å². The Kier molecular flexibility index (Phi) is 5.31. The highest BCUT2D eigenvalue weighted by atomic mass is 19.1. The molecule has 0 saturated carbocycles. The van der Waals surface area contributed by atoms with Crippen LogP contribution < -0.4 is 11.1 Å². The molecule has 1 aromatic carbocycles. The number of benzene rings is 1. The van der Waals surface area contributed by atoms with Gasteiger partial charge in [0.2, 0.25) is 5.91 Å². The topological polar surface area (TPSA) is 72.2 Å². The summed E-state index contributed by atoms with van der Waals surface area (Å²) in [6.45, 7) is 3.44. The molecule has 0 unspecified atom stereocenters. The third kappa shape index (κ3) is 3.84. The summed E-state index contributed by atoms with van der Waals surface area (Å²) >= 11 is 0. The predicted molar refractivity (Wildman–Crippen MR) is 66.2 cm³/mol. The molecule has 3 N–H and O–H groups in total. The first-order valence-electron chi connectivity index (χ1n) is 5.72. The van der Waals surface area contributed by atoms with Crippen LogP contribution in [-0.2, 0) is 4.79 Å². The van der Waals surface area contributed by atoms with Gasteiger partial charge in [0, 0.05) is 12.1 Å². The van der Waals surface area contributed by atoms with Gasteiger partial charge in [-0.05, 0) is 12.8 Å². The van der Waals surface area contributed by atoms with E-state index in [1.54, 1.807) is 0 Å². The van der Waals surface area contributed by atoms with Gasteiger partial charge < -0.3 is 11.1 Å². The summed E-state index contributed by atoms with van der Waals surface area (Å²) in [4.78, 5) is 22.9. The molecule has 1 rings (SSSR count). The average Bonchev–Trinajstić information content (AvgIpc) is 2.32.